The van der Waals surface area contributed by atoms with E-state index in [9.17, 15) is 0 Å². The summed E-state index contributed by atoms with van der Waals surface area (Å²) in [6, 6.07) is 0. The first-order valence-electron chi connectivity index (χ1n) is 4.44. The summed E-state index contributed by atoms with van der Waals surface area (Å²) in [4.78, 5) is 0. The predicted molar refractivity (Wildman–Crippen MR) is 55.4 cm³/mol. The molecule has 0 amide bonds. The van der Waals surface area contributed by atoms with Crippen molar-refractivity contribution in [3.63, 3.8) is 0 Å². The van der Waals surface area contributed by atoms with E-state index in [1.54, 1.807) is 0 Å². The van der Waals surface area contributed by atoms with Gasteiger partial charge in [-0.15, -0.1) is 0 Å². The lowest BCUT2D eigenvalue weighted by atomic mass is 9.90. The van der Waals surface area contributed by atoms with Crippen molar-refractivity contribution in [1.82, 2.24) is 5.32 Å². The third-order valence-corrected chi connectivity index (χ3v) is 2.39. The van der Waals surface area contributed by atoms with Gasteiger partial charge in [0.1, 0.15) is 0 Å². The summed E-state index contributed by atoms with van der Waals surface area (Å²) in [5, 5.41) is 3.43. The van der Waals surface area contributed by atoms with Crippen LogP contribution in [-0.2, 0) is 0 Å². The second kappa shape index (κ2) is 5.90. The summed E-state index contributed by atoms with van der Waals surface area (Å²) in [6.45, 7) is 9.05. The third kappa shape index (κ3) is 6.70. The Labute approximate surface area is 76.4 Å². The molecule has 0 aliphatic heterocycles. The van der Waals surface area contributed by atoms with Crippen molar-refractivity contribution in [2.75, 3.05) is 18.8 Å². The van der Waals surface area contributed by atoms with Gasteiger partial charge in [-0.2, -0.15) is 12.6 Å². The summed E-state index contributed by atoms with van der Waals surface area (Å²) < 4.78 is 0. The normalized spacial score (nSPS) is 12.0. The highest BCUT2D eigenvalue weighted by Crippen LogP contribution is 2.17. The zero-order valence-corrected chi connectivity index (χ0v) is 8.88. The maximum atomic E-state index is 4.15. The molecule has 1 nitrogen and oxygen atoms in total. The van der Waals surface area contributed by atoms with E-state index in [0.29, 0.717) is 5.41 Å². The van der Waals surface area contributed by atoms with Gasteiger partial charge >= 0.3 is 0 Å². The van der Waals surface area contributed by atoms with Gasteiger partial charge in [-0.3, -0.25) is 0 Å². The molecule has 0 spiro atoms. The number of thiol groups is 1. The Morgan fingerprint density at radius 1 is 1.36 bits per heavy atom. The fourth-order valence-electron chi connectivity index (χ4n) is 0.756. The Balaban J connectivity index is 3.23. The second-order valence-electron chi connectivity index (χ2n) is 3.77. The highest BCUT2D eigenvalue weighted by atomic mass is 32.1. The van der Waals surface area contributed by atoms with Crippen LogP contribution in [0.3, 0.4) is 0 Å². The van der Waals surface area contributed by atoms with E-state index in [4.69, 9.17) is 0 Å². The van der Waals surface area contributed by atoms with Crippen LogP contribution in [0.5, 0.6) is 0 Å². The van der Waals surface area contributed by atoms with E-state index in [2.05, 4.69) is 38.7 Å². The van der Waals surface area contributed by atoms with Crippen LogP contribution in [-0.4, -0.2) is 18.8 Å². The summed E-state index contributed by atoms with van der Waals surface area (Å²) in [5.41, 5.74) is 0.455. The van der Waals surface area contributed by atoms with Crippen LogP contribution in [0.4, 0.5) is 0 Å². The van der Waals surface area contributed by atoms with Crippen LogP contribution in [0.25, 0.3) is 0 Å². The van der Waals surface area contributed by atoms with Gasteiger partial charge in [-0.25, -0.2) is 0 Å². The van der Waals surface area contributed by atoms with Crippen LogP contribution in [0.1, 0.15) is 33.6 Å². The van der Waals surface area contributed by atoms with Crippen molar-refractivity contribution in [3.05, 3.63) is 0 Å². The predicted octanol–water partition coefficient (Wildman–Crippen LogP) is 2.33. The minimum Gasteiger partial charge on any atom is -0.316 e. The number of hydrogen-bond donors (Lipinski definition) is 2. The second-order valence-corrected chi connectivity index (χ2v) is 4.22. The Kier molecular flexibility index (Phi) is 6.06. The van der Waals surface area contributed by atoms with Crippen molar-refractivity contribution >= 4 is 12.6 Å². The zero-order valence-electron chi connectivity index (χ0n) is 7.98. The van der Waals surface area contributed by atoms with Gasteiger partial charge in [-0.05, 0) is 30.6 Å². The quantitative estimate of drug-likeness (QED) is 0.466. The van der Waals surface area contributed by atoms with E-state index < -0.39 is 0 Å². The minimum absolute atomic E-state index is 0.455. The molecule has 0 atom stereocenters. The monoisotopic (exact) mass is 175 g/mol. The maximum Gasteiger partial charge on any atom is 0.000242 e. The molecule has 0 aliphatic rings. The van der Waals surface area contributed by atoms with Crippen molar-refractivity contribution in [2.45, 2.75) is 33.6 Å². The largest absolute Gasteiger partial charge is 0.316 e. The summed E-state index contributed by atoms with van der Waals surface area (Å²) in [5.74, 6) is 0.986. The van der Waals surface area contributed by atoms with Gasteiger partial charge in [0.2, 0.25) is 0 Å². The van der Waals surface area contributed by atoms with E-state index in [1.165, 1.54) is 12.8 Å². The fraction of sp³-hybridized carbons (Fsp3) is 1.00. The van der Waals surface area contributed by atoms with Crippen LogP contribution < -0.4 is 5.32 Å². The molecule has 0 aromatic heterocycles. The summed E-state index contributed by atoms with van der Waals surface area (Å²) in [6.07, 6.45) is 2.41. The molecule has 0 bridgehead atoms. The first kappa shape index (κ1) is 11.3. The van der Waals surface area contributed by atoms with E-state index in [-0.39, 0.29) is 0 Å². The maximum absolute atomic E-state index is 4.15. The lowest BCUT2D eigenvalue weighted by molar-refractivity contribution is 0.329. The molecule has 0 saturated carbocycles. The molecule has 0 rings (SSSR count). The molecule has 0 unspecified atom stereocenters. The number of nitrogens with one attached hydrogen (secondary N) is 1. The average Bonchev–Trinajstić information content (AvgIpc) is 1.99. The summed E-state index contributed by atoms with van der Waals surface area (Å²) in [7, 11) is 0. The fourth-order valence-corrected chi connectivity index (χ4v) is 0.914. The molecule has 0 radical (unpaired) electrons. The molecular formula is C9H21NS. The van der Waals surface area contributed by atoms with E-state index in [1.807, 2.05) is 0 Å². The van der Waals surface area contributed by atoms with Gasteiger partial charge in [0, 0.05) is 6.54 Å². The van der Waals surface area contributed by atoms with E-state index >= 15 is 0 Å². The topological polar surface area (TPSA) is 12.0 Å². The Bertz CT molecular complexity index is 91.6. The molecule has 1 N–H and O–H groups in total. The standard InChI is InChI=1S/C9H21NS/c1-4-9(2,3)8-10-6-5-7-11/h10-11H,4-8H2,1-3H3. The Morgan fingerprint density at radius 3 is 2.45 bits per heavy atom. The number of hydrogen-bond acceptors (Lipinski definition) is 2. The molecular weight excluding hydrogens is 154 g/mol. The van der Waals surface area contributed by atoms with Crippen molar-refractivity contribution < 1.29 is 0 Å². The highest BCUT2D eigenvalue weighted by molar-refractivity contribution is 7.80. The molecule has 68 valence electrons. The molecule has 0 saturated heterocycles. The molecule has 0 aromatic carbocycles. The van der Waals surface area contributed by atoms with Crippen LogP contribution >= 0.6 is 12.6 Å². The molecule has 0 aromatic rings. The molecule has 11 heavy (non-hydrogen) atoms. The van der Waals surface area contributed by atoms with Gasteiger partial charge in [0.15, 0.2) is 0 Å². The first-order valence-corrected chi connectivity index (χ1v) is 5.07. The average molecular weight is 175 g/mol. The van der Waals surface area contributed by atoms with Crippen LogP contribution in [0, 0.1) is 5.41 Å². The van der Waals surface area contributed by atoms with Crippen LogP contribution in [0.15, 0.2) is 0 Å². The van der Waals surface area contributed by atoms with Gasteiger partial charge in [0.25, 0.3) is 0 Å². The van der Waals surface area contributed by atoms with Crippen molar-refractivity contribution in [2.24, 2.45) is 5.41 Å². The molecule has 0 fully saturated rings. The lowest BCUT2D eigenvalue weighted by Crippen LogP contribution is -2.29. The third-order valence-electron chi connectivity index (χ3n) is 2.07. The SMILES string of the molecule is CCC(C)(C)CNCCCS. The Morgan fingerprint density at radius 2 is 2.00 bits per heavy atom. The van der Waals surface area contributed by atoms with Crippen LogP contribution in [0.2, 0.25) is 0 Å². The van der Waals surface area contributed by atoms with Crippen molar-refractivity contribution in [1.29, 1.82) is 0 Å². The summed E-state index contributed by atoms with van der Waals surface area (Å²) >= 11 is 4.15. The lowest BCUT2D eigenvalue weighted by Gasteiger charge is -2.22. The smallest absolute Gasteiger partial charge is 0.000242 e. The van der Waals surface area contributed by atoms with Gasteiger partial charge in [-0.1, -0.05) is 20.8 Å². The Hall–Kier alpha value is 0.310. The van der Waals surface area contributed by atoms with Crippen molar-refractivity contribution in [3.8, 4) is 0 Å². The van der Waals surface area contributed by atoms with Gasteiger partial charge < -0.3 is 5.32 Å². The molecule has 0 aliphatic carbocycles. The van der Waals surface area contributed by atoms with Gasteiger partial charge in [0.05, 0.1) is 0 Å². The minimum atomic E-state index is 0.455. The zero-order chi connectivity index (χ0) is 8.74. The number of rotatable bonds is 6. The molecule has 0 heterocycles. The molecule has 2 heteroatoms. The first-order chi connectivity index (χ1) is 5.12. The highest BCUT2D eigenvalue weighted by Gasteiger charge is 2.13. The van der Waals surface area contributed by atoms with E-state index in [0.717, 1.165) is 18.8 Å².